The van der Waals surface area contributed by atoms with E-state index >= 15 is 0 Å². The predicted octanol–water partition coefficient (Wildman–Crippen LogP) is 2.27. The van der Waals surface area contributed by atoms with Gasteiger partial charge in [-0.25, -0.2) is 8.42 Å². The maximum atomic E-state index is 12.4. The topological polar surface area (TPSA) is 112 Å². The molecule has 0 spiro atoms. The number of hydrogen-bond acceptors (Lipinski definition) is 5. The minimum atomic E-state index is -4.55. The van der Waals surface area contributed by atoms with E-state index in [4.69, 9.17) is 5.26 Å². The van der Waals surface area contributed by atoms with Crippen LogP contribution in [0.2, 0.25) is 0 Å². The van der Waals surface area contributed by atoms with Gasteiger partial charge in [-0.2, -0.15) is 13.7 Å². The van der Waals surface area contributed by atoms with Gasteiger partial charge in [0.05, 0.1) is 4.90 Å². The number of hydrogen-bond donors (Lipinski definition) is 1. The van der Waals surface area contributed by atoms with E-state index in [1.165, 1.54) is 42.5 Å². The number of benzene rings is 2. The van der Waals surface area contributed by atoms with Gasteiger partial charge in [-0.3, -0.25) is 4.55 Å². The van der Waals surface area contributed by atoms with E-state index < -0.39 is 29.8 Å². The van der Waals surface area contributed by atoms with Gasteiger partial charge >= 0.3 is 0 Å². The maximum absolute atomic E-state index is 12.4. The Bertz CT molecular complexity index is 1000. The summed E-state index contributed by atoms with van der Waals surface area (Å²) in [6.45, 7) is 0. The van der Waals surface area contributed by atoms with Gasteiger partial charge in [0.25, 0.3) is 10.1 Å². The number of allylic oxidation sites excluding steroid dienone is 1. The van der Waals surface area contributed by atoms with Crippen molar-refractivity contribution >= 4 is 26.0 Å². The molecule has 0 aliphatic heterocycles. The molecule has 0 saturated heterocycles. The van der Waals surface area contributed by atoms with Gasteiger partial charge < -0.3 is 0 Å². The van der Waals surface area contributed by atoms with Crippen LogP contribution in [0.15, 0.2) is 69.3 Å². The van der Waals surface area contributed by atoms with Crippen molar-refractivity contribution in [1.82, 2.24) is 0 Å². The lowest BCUT2D eigenvalue weighted by atomic mass is 10.2. The van der Waals surface area contributed by atoms with Crippen molar-refractivity contribution in [3.8, 4) is 6.07 Å². The molecule has 0 fully saturated rings. The summed E-state index contributed by atoms with van der Waals surface area (Å²) in [5, 5.41) is 9.17. The van der Waals surface area contributed by atoms with Crippen molar-refractivity contribution in [3.05, 3.63) is 65.1 Å². The third kappa shape index (κ3) is 3.65. The second-order valence-corrected chi connectivity index (χ2v) is 7.76. The summed E-state index contributed by atoms with van der Waals surface area (Å²) in [5.74, 6) is 0. The minimum Gasteiger partial charge on any atom is -0.282 e. The highest BCUT2D eigenvalue weighted by Gasteiger charge is 2.22. The smallest absolute Gasteiger partial charge is 0.282 e. The van der Waals surface area contributed by atoms with Gasteiger partial charge in [-0.15, -0.1) is 0 Å². The summed E-state index contributed by atoms with van der Waals surface area (Å²) in [6, 6.07) is 14.1. The van der Waals surface area contributed by atoms with E-state index in [1.54, 1.807) is 12.1 Å². The molecular formula is C15H11NO5S2. The molecule has 0 unspecified atom stereocenters. The number of nitriles is 1. The normalized spacial score (nSPS) is 12.6. The van der Waals surface area contributed by atoms with Crippen LogP contribution in [-0.4, -0.2) is 21.4 Å². The van der Waals surface area contributed by atoms with Crippen molar-refractivity contribution in [2.75, 3.05) is 0 Å². The van der Waals surface area contributed by atoms with Crippen LogP contribution in [0.4, 0.5) is 0 Å². The zero-order chi connectivity index (χ0) is 17.1. The van der Waals surface area contributed by atoms with Crippen molar-refractivity contribution < 1.29 is 21.4 Å². The molecule has 2 aromatic carbocycles. The first-order valence-corrected chi connectivity index (χ1v) is 9.17. The van der Waals surface area contributed by atoms with Gasteiger partial charge in [0.1, 0.15) is 15.9 Å². The molecule has 0 aliphatic carbocycles. The van der Waals surface area contributed by atoms with E-state index in [0.717, 1.165) is 12.1 Å². The van der Waals surface area contributed by atoms with Crippen molar-refractivity contribution in [1.29, 1.82) is 5.26 Å². The summed E-state index contributed by atoms with van der Waals surface area (Å²) in [6.07, 6.45) is 0.922. The molecule has 2 rings (SSSR count). The molecule has 0 aliphatic rings. The van der Waals surface area contributed by atoms with E-state index in [9.17, 15) is 21.4 Å². The lowest BCUT2D eigenvalue weighted by Crippen LogP contribution is -2.05. The molecular weight excluding hydrogens is 338 g/mol. The molecule has 6 nitrogen and oxygen atoms in total. The minimum absolute atomic E-state index is 0.0860. The van der Waals surface area contributed by atoms with Crippen molar-refractivity contribution in [2.24, 2.45) is 0 Å². The van der Waals surface area contributed by atoms with E-state index in [0.29, 0.717) is 0 Å². The van der Waals surface area contributed by atoms with Crippen LogP contribution in [0.3, 0.4) is 0 Å². The Labute approximate surface area is 134 Å². The van der Waals surface area contributed by atoms with Crippen LogP contribution in [0.25, 0.3) is 6.08 Å². The average molecular weight is 349 g/mol. The van der Waals surface area contributed by atoms with Crippen LogP contribution in [0, 0.1) is 11.3 Å². The molecule has 0 radical (unpaired) electrons. The standard InChI is InChI=1S/C15H11NO5S2/c16-11-14(22(17,18)13-7-2-1-3-8-13)10-12-6-4-5-9-15(12)23(19,20)21/h1-10H,(H,19,20,21)/b14-10-. The number of rotatable bonds is 4. The molecule has 0 saturated carbocycles. The molecule has 0 amide bonds. The van der Waals surface area contributed by atoms with Gasteiger partial charge in [0.15, 0.2) is 0 Å². The third-order valence-corrected chi connectivity index (χ3v) is 5.55. The molecule has 118 valence electrons. The average Bonchev–Trinajstić information content (AvgIpc) is 2.52. The molecule has 1 N–H and O–H groups in total. The Morgan fingerprint density at radius 1 is 0.957 bits per heavy atom. The Kier molecular flexibility index (Phi) is 4.65. The van der Waals surface area contributed by atoms with Crippen LogP contribution < -0.4 is 0 Å². The highest BCUT2D eigenvalue weighted by atomic mass is 32.2. The summed E-state index contributed by atoms with van der Waals surface area (Å²) in [5.41, 5.74) is -0.0916. The predicted molar refractivity (Wildman–Crippen MR) is 83.5 cm³/mol. The number of sulfone groups is 1. The molecule has 0 aromatic heterocycles. The highest BCUT2D eigenvalue weighted by molar-refractivity contribution is 7.95. The first-order valence-electron chi connectivity index (χ1n) is 6.25. The molecule has 8 heteroatoms. The summed E-state index contributed by atoms with van der Waals surface area (Å²) in [7, 11) is -8.63. The fourth-order valence-electron chi connectivity index (χ4n) is 1.87. The van der Waals surface area contributed by atoms with Gasteiger partial charge in [-0.1, -0.05) is 36.4 Å². The molecule has 0 heterocycles. The SMILES string of the molecule is N#C/C(=C/c1ccccc1S(=O)(=O)O)S(=O)(=O)c1ccccc1. The monoisotopic (exact) mass is 349 g/mol. The lowest BCUT2D eigenvalue weighted by molar-refractivity contribution is 0.483. The molecule has 2 aromatic rings. The first kappa shape index (κ1) is 16.9. The summed E-state index contributed by atoms with van der Waals surface area (Å²) >= 11 is 0. The zero-order valence-corrected chi connectivity index (χ0v) is 13.3. The second-order valence-electron chi connectivity index (χ2n) is 4.45. The fourth-order valence-corrected chi connectivity index (χ4v) is 3.72. The molecule has 0 bridgehead atoms. The van der Waals surface area contributed by atoms with Crippen molar-refractivity contribution in [2.45, 2.75) is 9.79 Å². The van der Waals surface area contributed by atoms with Crippen molar-refractivity contribution in [3.63, 3.8) is 0 Å². The van der Waals surface area contributed by atoms with Crippen LogP contribution >= 0.6 is 0 Å². The van der Waals surface area contributed by atoms with E-state index in [-0.39, 0.29) is 10.5 Å². The highest BCUT2D eigenvalue weighted by Crippen LogP contribution is 2.24. The fraction of sp³-hybridized carbons (Fsp3) is 0. The Hall–Kier alpha value is -2.47. The van der Waals surface area contributed by atoms with Crippen LogP contribution in [0.5, 0.6) is 0 Å². The summed E-state index contributed by atoms with van der Waals surface area (Å²) < 4.78 is 56.7. The maximum Gasteiger partial charge on any atom is 0.295 e. The second kappa shape index (κ2) is 6.34. The Morgan fingerprint density at radius 3 is 2.09 bits per heavy atom. The Morgan fingerprint density at radius 2 is 1.52 bits per heavy atom. The number of nitrogens with zero attached hydrogens (tertiary/aromatic N) is 1. The summed E-state index contributed by atoms with van der Waals surface area (Å²) in [4.78, 5) is -1.19. The Balaban J connectivity index is 2.65. The van der Waals surface area contributed by atoms with Gasteiger partial charge in [-0.05, 0) is 29.8 Å². The van der Waals surface area contributed by atoms with Gasteiger partial charge in [0, 0.05) is 0 Å². The quantitative estimate of drug-likeness (QED) is 0.669. The molecule has 0 atom stereocenters. The molecule has 23 heavy (non-hydrogen) atoms. The van der Waals surface area contributed by atoms with E-state index in [2.05, 4.69) is 0 Å². The lowest BCUT2D eigenvalue weighted by Gasteiger charge is -2.05. The largest absolute Gasteiger partial charge is 0.295 e. The van der Waals surface area contributed by atoms with Crippen LogP contribution in [0.1, 0.15) is 5.56 Å². The zero-order valence-electron chi connectivity index (χ0n) is 11.6. The first-order chi connectivity index (χ1) is 10.8. The van der Waals surface area contributed by atoms with E-state index in [1.807, 2.05) is 0 Å². The van der Waals surface area contributed by atoms with Gasteiger partial charge in [0.2, 0.25) is 9.84 Å². The van der Waals surface area contributed by atoms with Crippen LogP contribution in [-0.2, 0) is 20.0 Å². The third-order valence-electron chi connectivity index (χ3n) is 2.94.